The van der Waals surface area contributed by atoms with Gasteiger partial charge in [-0.2, -0.15) is 5.26 Å². The predicted octanol–water partition coefficient (Wildman–Crippen LogP) is 6.38. The van der Waals surface area contributed by atoms with Crippen molar-refractivity contribution in [1.29, 1.82) is 5.26 Å². The van der Waals surface area contributed by atoms with Crippen LogP contribution in [0.1, 0.15) is 33.3 Å². The highest BCUT2D eigenvalue weighted by molar-refractivity contribution is 7.21. The number of hydrogen-bond acceptors (Lipinski definition) is 5. The number of hydrogen-bond donors (Lipinski definition) is 0. The van der Waals surface area contributed by atoms with Gasteiger partial charge in [-0.3, -0.25) is 4.79 Å². The minimum atomic E-state index is -0.385. The first-order valence-electron chi connectivity index (χ1n) is 10.6. The Kier molecular flexibility index (Phi) is 5.61. The number of methoxy groups -OCH3 is 2. The summed E-state index contributed by atoms with van der Waals surface area (Å²) in [6.45, 7) is 0.499. The second kappa shape index (κ2) is 8.58. The second-order valence-electron chi connectivity index (χ2n) is 7.94. The summed E-state index contributed by atoms with van der Waals surface area (Å²) in [4.78, 5) is 16.1. The summed E-state index contributed by atoms with van der Waals surface area (Å²) < 4.78 is 11.9. The third kappa shape index (κ3) is 3.49. The Hall–Kier alpha value is -3.27. The van der Waals surface area contributed by atoms with Gasteiger partial charge in [-0.15, -0.1) is 11.3 Å². The fourth-order valence-corrected chi connectivity index (χ4v) is 6.20. The molecule has 1 aromatic heterocycles. The molecule has 0 aliphatic carbocycles. The van der Waals surface area contributed by atoms with Crippen LogP contribution in [0.4, 0.5) is 0 Å². The molecule has 2 heterocycles. The molecule has 0 saturated carbocycles. The number of nitriles is 1. The second-order valence-corrected chi connectivity index (χ2v) is 9.37. The maximum atomic E-state index is 13.8. The van der Waals surface area contributed by atoms with Gasteiger partial charge in [0.2, 0.25) is 0 Å². The Morgan fingerprint density at radius 1 is 1.18 bits per heavy atom. The number of fused-ring (bicyclic) bond motifs is 4. The predicted molar refractivity (Wildman–Crippen MR) is 132 cm³/mol. The zero-order valence-corrected chi connectivity index (χ0v) is 19.8. The van der Waals surface area contributed by atoms with Gasteiger partial charge in [0.15, 0.2) is 11.5 Å². The van der Waals surface area contributed by atoms with Crippen LogP contribution in [0.15, 0.2) is 48.5 Å². The van der Waals surface area contributed by atoms with Gasteiger partial charge in [0.25, 0.3) is 5.91 Å². The van der Waals surface area contributed by atoms with Gasteiger partial charge in [-0.1, -0.05) is 41.9 Å². The molecule has 33 heavy (non-hydrogen) atoms. The van der Waals surface area contributed by atoms with Crippen LogP contribution >= 0.6 is 22.9 Å². The number of carbonyl (C=O) groups excluding carboxylic acids is 1. The summed E-state index contributed by atoms with van der Waals surface area (Å²) in [6, 6.07) is 17.8. The topological polar surface area (TPSA) is 62.6 Å². The molecule has 3 aromatic carbocycles. The molecule has 0 saturated heterocycles. The molecule has 0 N–H and O–H groups in total. The van der Waals surface area contributed by atoms with Crippen molar-refractivity contribution in [1.82, 2.24) is 4.90 Å². The van der Waals surface area contributed by atoms with Gasteiger partial charge in [0.1, 0.15) is 4.88 Å². The Morgan fingerprint density at radius 2 is 1.94 bits per heavy atom. The Labute approximate surface area is 200 Å². The number of nitrogens with zero attached hydrogens (tertiary/aromatic N) is 2. The summed E-state index contributed by atoms with van der Waals surface area (Å²) >= 11 is 8.23. The molecule has 1 aliphatic heterocycles. The van der Waals surface area contributed by atoms with Gasteiger partial charge in [-0.05, 0) is 46.5 Å². The zero-order valence-electron chi connectivity index (χ0n) is 18.2. The van der Waals surface area contributed by atoms with E-state index in [0.717, 1.165) is 32.0 Å². The fourth-order valence-electron chi connectivity index (χ4n) is 4.68. The van der Waals surface area contributed by atoms with Crippen LogP contribution in [0.2, 0.25) is 5.02 Å². The molecule has 4 aromatic rings. The molecule has 1 aliphatic rings. The Balaban J connectivity index is 1.60. The minimum absolute atomic E-state index is 0.147. The first-order valence-corrected chi connectivity index (χ1v) is 11.8. The lowest BCUT2D eigenvalue weighted by atomic mass is 9.90. The maximum Gasteiger partial charge on any atom is 0.266 e. The van der Waals surface area contributed by atoms with Crippen LogP contribution in [0, 0.1) is 11.3 Å². The van der Waals surface area contributed by atoms with E-state index in [1.165, 1.54) is 11.3 Å². The smallest absolute Gasteiger partial charge is 0.266 e. The quantitative estimate of drug-likeness (QED) is 0.343. The number of carbonyl (C=O) groups is 1. The standard InChI is InChI=1S/C26H21ClN2O3S/c1-31-20-13-16-10-12-29(19(9-11-28)18(16)14-21(20)32-2)26(30)25-24(27)23-17-6-4-3-5-15(17)7-8-22(23)33-25/h3-8,13-14,19H,9-10,12H2,1-2H3/t19-/m1/s1. The monoisotopic (exact) mass is 476 g/mol. The minimum Gasteiger partial charge on any atom is -0.493 e. The lowest BCUT2D eigenvalue weighted by Gasteiger charge is -2.36. The lowest BCUT2D eigenvalue weighted by Crippen LogP contribution is -2.39. The van der Waals surface area contributed by atoms with Crippen molar-refractivity contribution in [3.63, 3.8) is 0 Å². The van der Waals surface area contributed by atoms with Crippen molar-refractivity contribution in [3.05, 3.63) is 69.6 Å². The van der Waals surface area contributed by atoms with Gasteiger partial charge < -0.3 is 14.4 Å². The fraction of sp³-hybridized carbons (Fsp3) is 0.231. The van der Waals surface area contributed by atoms with E-state index in [-0.39, 0.29) is 18.4 Å². The van der Waals surface area contributed by atoms with Crippen LogP contribution in [-0.4, -0.2) is 31.6 Å². The van der Waals surface area contributed by atoms with Crippen LogP contribution in [-0.2, 0) is 6.42 Å². The van der Waals surface area contributed by atoms with Crippen LogP contribution in [0.5, 0.6) is 11.5 Å². The number of amides is 1. The van der Waals surface area contributed by atoms with Crippen LogP contribution in [0.3, 0.4) is 0 Å². The molecule has 0 spiro atoms. The van der Waals surface area contributed by atoms with E-state index < -0.39 is 0 Å². The summed E-state index contributed by atoms with van der Waals surface area (Å²) in [6.07, 6.45) is 0.842. The molecule has 1 amide bonds. The molecule has 0 unspecified atom stereocenters. The van der Waals surface area contributed by atoms with E-state index in [1.807, 2.05) is 48.5 Å². The average molecular weight is 477 g/mol. The van der Waals surface area contributed by atoms with Crippen molar-refractivity contribution >= 4 is 49.7 Å². The molecule has 1 atom stereocenters. The van der Waals surface area contributed by atoms with E-state index in [2.05, 4.69) is 6.07 Å². The summed E-state index contributed by atoms with van der Waals surface area (Å²) in [5.74, 6) is 1.08. The molecular formula is C26H21ClN2O3S. The normalized spacial score (nSPS) is 15.3. The van der Waals surface area contributed by atoms with E-state index in [4.69, 9.17) is 21.1 Å². The third-order valence-corrected chi connectivity index (χ3v) is 7.90. The van der Waals surface area contributed by atoms with Gasteiger partial charge in [-0.25, -0.2) is 0 Å². The highest BCUT2D eigenvalue weighted by Gasteiger charge is 2.34. The number of thiophene rings is 1. The molecule has 0 bridgehead atoms. The summed E-state index contributed by atoms with van der Waals surface area (Å²) in [7, 11) is 3.18. The molecule has 5 rings (SSSR count). The summed E-state index contributed by atoms with van der Waals surface area (Å²) in [5, 5.41) is 13.1. The van der Waals surface area contributed by atoms with E-state index in [1.54, 1.807) is 19.1 Å². The Bertz CT molecular complexity index is 1440. The van der Waals surface area contributed by atoms with Gasteiger partial charge in [0.05, 0.1) is 37.8 Å². The van der Waals surface area contributed by atoms with E-state index >= 15 is 0 Å². The van der Waals surface area contributed by atoms with Crippen LogP contribution < -0.4 is 9.47 Å². The number of halogens is 1. The molecular weight excluding hydrogens is 456 g/mol. The first-order chi connectivity index (χ1) is 16.1. The lowest BCUT2D eigenvalue weighted by molar-refractivity contribution is 0.0669. The highest BCUT2D eigenvalue weighted by Crippen LogP contribution is 2.43. The zero-order chi connectivity index (χ0) is 23.1. The molecule has 5 nitrogen and oxygen atoms in total. The number of rotatable bonds is 4. The number of benzene rings is 3. The molecule has 7 heteroatoms. The van der Waals surface area contributed by atoms with Gasteiger partial charge in [0, 0.05) is 16.6 Å². The average Bonchev–Trinajstić information content (AvgIpc) is 3.19. The van der Waals surface area contributed by atoms with E-state index in [0.29, 0.717) is 34.4 Å². The van der Waals surface area contributed by atoms with Crippen molar-refractivity contribution in [2.45, 2.75) is 18.9 Å². The van der Waals surface area contributed by atoms with Gasteiger partial charge >= 0.3 is 0 Å². The Morgan fingerprint density at radius 3 is 2.70 bits per heavy atom. The van der Waals surface area contributed by atoms with E-state index in [9.17, 15) is 10.1 Å². The van der Waals surface area contributed by atoms with Crippen molar-refractivity contribution in [2.24, 2.45) is 0 Å². The van der Waals surface area contributed by atoms with Crippen molar-refractivity contribution in [2.75, 3.05) is 20.8 Å². The molecule has 0 fully saturated rings. The molecule has 0 radical (unpaired) electrons. The van der Waals surface area contributed by atoms with Crippen molar-refractivity contribution in [3.8, 4) is 17.6 Å². The first kappa shape index (κ1) is 21.6. The van der Waals surface area contributed by atoms with Crippen molar-refractivity contribution < 1.29 is 14.3 Å². The highest BCUT2D eigenvalue weighted by atomic mass is 35.5. The largest absolute Gasteiger partial charge is 0.493 e. The number of ether oxygens (including phenoxy) is 2. The summed E-state index contributed by atoms with van der Waals surface area (Å²) in [5.41, 5.74) is 1.97. The SMILES string of the molecule is COc1cc2c(cc1OC)[C@@H](CC#N)N(C(=O)c1sc3ccc4ccccc4c3c1Cl)CC2. The molecule has 166 valence electrons. The third-order valence-electron chi connectivity index (χ3n) is 6.26. The van der Waals surface area contributed by atoms with Crippen LogP contribution in [0.25, 0.3) is 20.9 Å². The maximum absolute atomic E-state index is 13.8.